The van der Waals surface area contributed by atoms with E-state index in [1.165, 1.54) is 32.1 Å². The molecule has 0 radical (unpaired) electrons. The van der Waals surface area contributed by atoms with Crippen LogP contribution in [0.5, 0.6) is 5.75 Å². The number of phenolic OH excluding ortho intramolecular Hbond substituents is 1. The Kier molecular flexibility index (Phi) is 7.10. The van der Waals surface area contributed by atoms with Crippen LogP contribution in [-0.4, -0.2) is 26.2 Å². The quantitative estimate of drug-likeness (QED) is 0.366. The number of rotatable bonds is 3. The number of phenols is 1. The zero-order valence-electron chi connectivity index (χ0n) is 17.0. The summed E-state index contributed by atoms with van der Waals surface area (Å²) in [5, 5.41) is 17.4. The van der Waals surface area contributed by atoms with Gasteiger partial charge in [-0.3, -0.25) is 4.98 Å². The van der Waals surface area contributed by atoms with Crippen molar-refractivity contribution in [1.29, 1.82) is 0 Å². The number of hydrogen-bond donors (Lipinski definition) is 3. The number of nitrogens with one attached hydrogen (secondary N) is 2. The van der Waals surface area contributed by atoms with E-state index in [-0.39, 0.29) is 15.8 Å². The first kappa shape index (κ1) is 22.1. The molecular weight excluding hydrogens is 451 g/mol. The van der Waals surface area contributed by atoms with Crippen molar-refractivity contribution in [1.82, 2.24) is 15.3 Å². The van der Waals surface area contributed by atoms with Crippen LogP contribution >= 0.6 is 35.4 Å². The molecular formula is C23H24Cl2N4OS. The van der Waals surface area contributed by atoms with E-state index in [4.69, 9.17) is 35.4 Å². The third-order valence-corrected chi connectivity index (χ3v) is 6.37. The van der Waals surface area contributed by atoms with Gasteiger partial charge in [0.15, 0.2) is 16.7 Å². The lowest BCUT2D eigenvalue weighted by Crippen LogP contribution is -2.38. The average molecular weight is 475 g/mol. The molecule has 1 aromatic heterocycles. The summed E-state index contributed by atoms with van der Waals surface area (Å²) in [6.07, 6.45) is 10.4. The van der Waals surface area contributed by atoms with Gasteiger partial charge in [0.1, 0.15) is 0 Å². The summed E-state index contributed by atoms with van der Waals surface area (Å²) < 4.78 is 0. The number of hydrogen-bond acceptors (Lipinski definition) is 4. The minimum atomic E-state index is -0.121. The minimum absolute atomic E-state index is 0.121. The molecule has 1 saturated carbocycles. The summed E-state index contributed by atoms with van der Waals surface area (Å²) in [7, 11) is 0. The van der Waals surface area contributed by atoms with Gasteiger partial charge in [0, 0.05) is 6.04 Å². The number of aromatic nitrogens is 2. The van der Waals surface area contributed by atoms with E-state index in [1.807, 2.05) is 18.2 Å². The van der Waals surface area contributed by atoms with Gasteiger partial charge in [-0.15, -0.1) is 0 Å². The van der Waals surface area contributed by atoms with Gasteiger partial charge in [-0.2, -0.15) is 0 Å². The van der Waals surface area contributed by atoms with Crippen molar-refractivity contribution in [2.45, 2.75) is 51.0 Å². The van der Waals surface area contributed by atoms with E-state index < -0.39 is 0 Å². The predicted octanol–water partition coefficient (Wildman–Crippen LogP) is 6.71. The lowest BCUT2D eigenvalue weighted by Gasteiger charge is -2.22. The lowest BCUT2D eigenvalue weighted by molar-refractivity contribution is 0.430. The molecule has 0 aliphatic heterocycles. The largest absolute Gasteiger partial charge is 0.505 e. The summed E-state index contributed by atoms with van der Waals surface area (Å²) in [5.41, 5.74) is 3.15. The Bertz CT molecular complexity index is 1080. The van der Waals surface area contributed by atoms with Crippen LogP contribution in [0.25, 0.3) is 22.2 Å². The van der Waals surface area contributed by atoms with E-state index >= 15 is 0 Å². The van der Waals surface area contributed by atoms with Crippen molar-refractivity contribution >= 4 is 57.4 Å². The standard InChI is InChI=1S/C23H24Cl2N4OS/c24-17-10-15(11-18(25)22(17)30)14-8-9-19-20(12-14)28-21(13-26-19)29-23(31)27-16-6-4-2-1-3-5-7-16/h8-13,16,30H,1-7H2,(H2,27,28,29,31). The van der Waals surface area contributed by atoms with Crippen molar-refractivity contribution in [3.8, 4) is 16.9 Å². The van der Waals surface area contributed by atoms with Crippen molar-refractivity contribution < 1.29 is 5.11 Å². The zero-order valence-corrected chi connectivity index (χ0v) is 19.3. The first-order chi connectivity index (χ1) is 15.0. The summed E-state index contributed by atoms with van der Waals surface area (Å²) >= 11 is 17.7. The first-order valence-corrected chi connectivity index (χ1v) is 11.7. The third kappa shape index (κ3) is 5.56. The second-order valence-electron chi connectivity index (χ2n) is 7.89. The second kappa shape index (κ2) is 9.98. The minimum Gasteiger partial charge on any atom is -0.505 e. The average Bonchev–Trinajstić information content (AvgIpc) is 2.73. The van der Waals surface area contributed by atoms with Crippen molar-refractivity contribution in [3.05, 3.63) is 46.6 Å². The molecule has 5 nitrogen and oxygen atoms in total. The number of benzene rings is 2. The van der Waals surface area contributed by atoms with Crippen LogP contribution in [0.1, 0.15) is 44.9 Å². The van der Waals surface area contributed by atoms with Crippen molar-refractivity contribution in [3.63, 3.8) is 0 Å². The third-order valence-electron chi connectivity index (χ3n) is 5.57. The fourth-order valence-corrected chi connectivity index (χ4v) is 4.68. The molecule has 1 heterocycles. The molecule has 31 heavy (non-hydrogen) atoms. The van der Waals surface area contributed by atoms with Gasteiger partial charge in [-0.05, 0) is 60.5 Å². The molecule has 3 N–H and O–H groups in total. The van der Waals surface area contributed by atoms with Crippen LogP contribution in [0.2, 0.25) is 10.0 Å². The smallest absolute Gasteiger partial charge is 0.172 e. The van der Waals surface area contributed by atoms with Gasteiger partial charge < -0.3 is 15.7 Å². The summed E-state index contributed by atoms with van der Waals surface area (Å²) in [6, 6.07) is 9.48. The van der Waals surface area contributed by atoms with Crippen LogP contribution < -0.4 is 10.6 Å². The molecule has 0 saturated heterocycles. The van der Waals surface area contributed by atoms with E-state index in [0.29, 0.717) is 17.0 Å². The first-order valence-electron chi connectivity index (χ1n) is 10.5. The van der Waals surface area contributed by atoms with Gasteiger partial charge in [0.2, 0.25) is 0 Å². The highest BCUT2D eigenvalue weighted by Gasteiger charge is 2.13. The summed E-state index contributed by atoms with van der Waals surface area (Å²) in [6.45, 7) is 0. The molecule has 1 aliphatic rings. The Morgan fingerprint density at radius 3 is 2.32 bits per heavy atom. The Labute approximate surface area is 197 Å². The van der Waals surface area contributed by atoms with Crippen LogP contribution in [-0.2, 0) is 0 Å². The molecule has 3 aromatic rings. The maximum Gasteiger partial charge on any atom is 0.172 e. The molecule has 1 fully saturated rings. The molecule has 8 heteroatoms. The van der Waals surface area contributed by atoms with Crippen LogP contribution in [0, 0.1) is 0 Å². The fraction of sp³-hybridized carbons (Fsp3) is 0.348. The molecule has 1 aliphatic carbocycles. The molecule has 162 valence electrons. The molecule has 0 bridgehead atoms. The number of nitrogens with zero attached hydrogens (tertiary/aromatic N) is 2. The summed E-state index contributed by atoms with van der Waals surface area (Å²) in [4.78, 5) is 9.16. The molecule has 0 unspecified atom stereocenters. The van der Waals surface area contributed by atoms with Gasteiger partial charge in [0.25, 0.3) is 0 Å². The van der Waals surface area contributed by atoms with Gasteiger partial charge >= 0.3 is 0 Å². The highest BCUT2D eigenvalue weighted by molar-refractivity contribution is 7.80. The van der Waals surface area contributed by atoms with E-state index in [9.17, 15) is 5.11 Å². The number of anilines is 1. The molecule has 0 atom stereocenters. The predicted molar refractivity (Wildman–Crippen MR) is 132 cm³/mol. The monoisotopic (exact) mass is 474 g/mol. The Balaban J connectivity index is 1.51. The number of halogens is 2. The zero-order chi connectivity index (χ0) is 21.8. The van der Waals surface area contributed by atoms with Gasteiger partial charge in [0.05, 0.1) is 27.3 Å². The Hall–Kier alpha value is -2.15. The van der Waals surface area contributed by atoms with Crippen molar-refractivity contribution in [2.75, 3.05) is 5.32 Å². The van der Waals surface area contributed by atoms with E-state index in [1.54, 1.807) is 18.3 Å². The van der Waals surface area contributed by atoms with Gasteiger partial charge in [-0.25, -0.2) is 4.98 Å². The van der Waals surface area contributed by atoms with Crippen LogP contribution in [0.4, 0.5) is 5.82 Å². The van der Waals surface area contributed by atoms with E-state index in [2.05, 4.69) is 20.6 Å². The fourth-order valence-electron chi connectivity index (χ4n) is 3.92. The Morgan fingerprint density at radius 2 is 1.61 bits per heavy atom. The molecule has 0 amide bonds. The maximum atomic E-state index is 9.80. The topological polar surface area (TPSA) is 70.1 Å². The highest BCUT2D eigenvalue weighted by atomic mass is 35.5. The molecule has 0 spiro atoms. The van der Waals surface area contributed by atoms with Crippen molar-refractivity contribution in [2.24, 2.45) is 0 Å². The normalized spacial score (nSPS) is 15.3. The van der Waals surface area contributed by atoms with Crippen LogP contribution in [0.3, 0.4) is 0 Å². The van der Waals surface area contributed by atoms with Gasteiger partial charge in [-0.1, -0.05) is 61.4 Å². The number of thiocarbonyl (C=S) groups is 1. The van der Waals surface area contributed by atoms with E-state index in [0.717, 1.165) is 35.0 Å². The number of fused-ring (bicyclic) bond motifs is 1. The lowest BCUT2D eigenvalue weighted by atomic mass is 9.97. The SMILES string of the molecule is Oc1c(Cl)cc(-c2ccc3ncc(NC(=S)NC4CCCCCCC4)nc3c2)cc1Cl. The molecule has 2 aromatic carbocycles. The maximum absolute atomic E-state index is 9.80. The van der Waals surface area contributed by atoms with Crippen LogP contribution in [0.15, 0.2) is 36.5 Å². The second-order valence-corrected chi connectivity index (χ2v) is 9.11. The molecule has 4 rings (SSSR count). The summed E-state index contributed by atoms with van der Waals surface area (Å²) in [5.74, 6) is 0.471. The number of aromatic hydroxyl groups is 1. The highest BCUT2D eigenvalue weighted by Crippen LogP contribution is 2.36. The Morgan fingerprint density at radius 1 is 0.935 bits per heavy atom.